The van der Waals surface area contributed by atoms with E-state index in [4.69, 9.17) is 40.7 Å². The summed E-state index contributed by atoms with van der Waals surface area (Å²) in [7, 11) is 6.94. The SMILES string of the molecule is CO.CO.CO.CO.COc1cccc(C=NCCCN=Cc2ccccc2[O-])c1[O-].COc1cccc(C=NCCCN=Cc2ccccc2[O-])c1[O-].[Mn+2].[N-]=C=S.[N-]=C=S.[Ni+2].[Ni+2]. The molecule has 0 atom stereocenters. The predicted octanol–water partition coefficient (Wildman–Crippen LogP) is 3.28. The number of benzene rings is 4. The van der Waals surface area contributed by atoms with Gasteiger partial charge in [0.1, 0.15) is 11.5 Å². The summed E-state index contributed by atoms with van der Waals surface area (Å²) in [5.41, 5.74) is 2.19. The Labute approximate surface area is 411 Å². The van der Waals surface area contributed by atoms with Gasteiger partial charge in [-0.25, -0.2) is 0 Å². The van der Waals surface area contributed by atoms with Gasteiger partial charge in [0.15, 0.2) is 0 Å². The minimum Gasteiger partial charge on any atom is -0.872 e. The number of aliphatic imine (C=N–C) groups is 4. The summed E-state index contributed by atoms with van der Waals surface area (Å²) in [5, 5.41) is 91.7. The molecule has 0 saturated heterocycles. The van der Waals surface area contributed by atoms with Gasteiger partial charge in [-0.05, 0) is 47.2 Å². The first-order chi connectivity index (χ1) is 29.3. The van der Waals surface area contributed by atoms with E-state index in [1.807, 2.05) is 12.1 Å². The molecular formula is C42H52MnN6Ni2O10S2. The van der Waals surface area contributed by atoms with Gasteiger partial charge in [-0.1, -0.05) is 109 Å². The van der Waals surface area contributed by atoms with E-state index in [0.29, 0.717) is 59.9 Å². The van der Waals surface area contributed by atoms with Crippen LogP contribution in [0.25, 0.3) is 10.8 Å². The summed E-state index contributed by atoms with van der Waals surface area (Å²) in [4.78, 5) is 16.9. The minimum atomic E-state index is -0.163. The quantitative estimate of drug-likeness (QED) is 0.0613. The van der Waals surface area contributed by atoms with Crippen molar-refractivity contribution in [2.75, 3.05) is 68.8 Å². The molecule has 349 valence electrons. The molecule has 0 aromatic heterocycles. The molecule has 4 rings (SSSR count). The Balaban J connectivity index is -0.000000149. The van der Waals surface area contributed by atoms with E-state index >= 15 is 0 Å². The Morgan fingerprint density at radius 1 is 0.492 bits per heavy atom. The monoisotopic (exact) mass is 1040 g/mol. The molecule has 0 saturated carbocycles. The van der Waals surface area contributed by atoms with E-state index in [1.54, 1.807) is 85.5 Å². The second-order valence-electron chi connectivity index (χ2n) is 9.86. The Bertz CT molecular complexity index is 1740. The van der Waals surface area contributed by atoms with Crippen LogP contribution in [0.1, 0.15) is 35.1 Å². The van der Waals surface area contributed by atoms with Crippen LogP contribution in [-0.4, -0.2) is 124 Å². The number of hydrogen-bond donors (Lipinski definition) is 4. The van der Waals surface area contributed by atoms with Crippen LogP contribution in [-0.2, 0) is 50.1 Å². The van der Waals surface area contributed by atoms with Gasteiger partial charge in [0, 0.05) is 79.5 Å². The van der Waals surface area contributed by atoms with Gasteiger partial charge in [-0.2, -0.15) is 10.3 Å². The smallest absolute Gasteiger partial charge is 0.872 e. The van der Waals surface area contributed by atoms with Crippen molar-refractivity contribution in [3.8, 4) is 34.5 Å². The number of isothiocyanates is 2. The first kappa shape index (κ1) is 72.7. The molecule has 0 unspecified atom stereocenters. The molecule has 0 amide bonds. The minimum absolute atomic E-state index is 0. The number of para-hydroxylation sites is 4. The fraction of sp³-hybridized carbons (Fsp3) is 0.286. The second kappa shape index (κ2) is 55.3. The number of aliphatic hydroxyl groups excluding tert-OH is 4. The molecule has 4 N–H and O–H groups in total. The molecule has 0 aliphatic rings. The van der Waals surface area contributed by atoms with E-state index in [-0.39, 0.29) is 73.0 Å². The topological polar surface area (TPSA) is 286 Å². The van der Waals surface area contributed by atoms with Crippen molar-refractivity contribution in [1.29, 1.82) is 0 Å². The Hall–Kier alpha value is -4.69. The molecule has 4 aromatic carbocycles. The van der Waals surface area contributed by atoms with Crippen molar-refractivity contribution in [3.05, 3.63) is 118 Å². The summed E-state index contributed by atoms with van der Waals surface area (Å²) >= 11 is 7.40. The Morgan fingerprint density at radius 2 is 0.730 bits per heavy atom. The molecule has 1 radical (unpaired) electrons. The van der Waals surface area contributed by atoms with E-state index < -0.39 is 0 Å². The number of hydrogen-bond acceptors (Lipinski definition) is 16. The number of thiocarbonyl (C=S) groups is 2. The average molecular weight is 1040 g/mol. The summed E-state index contributed by atoms with van der Waals surface area (Å²) in [6, 6.07) is 23.7. The standard InChI is InChI=1S/2C18H20N2O3.2CNS.4CH4O.Mn.2Ni/c2*1-23-17-9-4-7-15(18(17)22)13-20-11-5-10-19-12-14-6-2-3-8-16(14)21;2*2-1-3;4*1-2;;;/h2*2-4,6-9,12-13,21-22H,5,10-11H2,1H3;;;4*2H,1H3;;;/q;;2*-1;;;;;3*+2/p-4. The molecule has 0 spiro atoms. The molecule has 0 heterocycles. The van der Waals surface area contributed by atoms with Crippen molar-refractivity contribution in [2.24, 2.45) is 20.0 Å². The van der Waals surface area contributed by atoms with Gasteiger partial charge in [0.05, 0.1) is 14.2 Å². The van der Waals surface area contributed by atoms with Crippen LogP contribution < -0.4 is 29.9 Å². The molecule has 0 aliphatic carbocycles. The van der Waals surface area contributed by atoms with Crippen LogP contribution in [0.3, 0.4) is 0 Å². The van der Waals surface area contributed by atoms with E-state index in [0.717, 1.165) is 41.3 Å². The molecule has 0 aliphatic heterocycles. The van der Waals surface area contributed by atoms with Gasteiger partial charge in [0.25, 0.3) is 0 Å². The molecule has 21 heteroatoms. The van der Waals surface area contributed by atoms with Gasteiger partial charge >= 0.3 is 50.1 Å². The van der Waals surface area contributed by atoms with Crippen LogP contribution in [0.2, 0.25) is 0 Å². The van der Waals surface area contributed by atoms with Crippen LogP contribution in [0.5, 0.6) is 34.5 Å². The Morgan fingerprint density at radius 3 is 0.984 bits per heavy atom. The maximum Gasteiger partial charge on any atom is 2.00 e. The zero-order valence-electron chi connectivity index (χ0n) is 35.4. The van der Waals surface area contributed by atoms with Crippen molar-refractivity contribution in [3.63, 3.8) is 0 Å². The number of ether oxygens (including phenoxy) is 2. The van der Waals surface area contributed by atoms with E-state index in [1.165, 1.54) is 36.7 Å². The van der Waals surface area contributed by atoms with Crippen molar-refractivity contribution in [1.82, 2.24) is 0 Å². The van der Waals surface area contributed by atoms with Gasteiger partial charge in [-0.15, -0.1) is 11.5 Å². The van der Waals surface area contributed by atoms with Crippen LogP contribution in [0, 0.1) is 0 Å². The molecule has 63 heavy (non-hydrogen) atoms. The molecule has 16 nitrogen and oxygen atoms in total. The van der Waals surface area contributed by atoms with Crippen LogP contribution >= 0.6 is 24.4 Å². The van der Waals surface area contributed by atoms with Crippen molar-refractivity contribution < 1.29 is 100 Å². The summed E-state index contributed by atoms with van der Waals surface area (Å²) < 4.78 is 9.96. The maximum absolute atomic E-state index is 11.9. The molecule has 0 fully saturated rings. The molecule has 0 bridgehead atoms. The summed E-state index contributed by atoms with van der Waals surface area (Å²) in [6.45, 7) is 2.28. The first-order valence-corrected chi connectivity index (χ1v) is 18.1. The number of rotatable bonds is 14. The van der Waals surface area contributed by atoms with Gasteiger partial charge < -0.3 is 61.1 Å². The van der Waals surface area contributed by atoms with Gasteiger partial charge in [0.2, 0.25) is 0 Å². The summed E-state index contributed by atoms with van der Waals surface area (Å²) in [5.74, 6) is 0.239. The van der Waals surface area contributed by atoms with Crippen LogP contribution in [0.15, 0.2) is 105 Å². The second-order valence-corrected chi connectivity index (χ2v) is 10.2. The first-order valence-electron chi connectivity index (χ1n) is 17.3. The number of nitrogens with zero attached hydrogens (tertiary/aromatic N) is 6. The van der Waals surface area contributed by atoms with E-state index in [2.05, 4.69) is 44.4 Å². The Kier molecular flexibility index (Phi) is 63.9. The maximum atomic E-state index is 11.9. The van der Waals surface area contributed by atoms with Gasteiger partial charge in [-0.3, -0.25) is 20.0 Å². The van der Waals surface area contributed by atoms with E-state index in [9.17, 15) is 20.4 Å². The fourth-order valence-corrected chi connectivity index (χ4v) is 3.92. The third-order valence-corrected chi connectivity index (χ3v) is 6.37. The van der Waals surface area contributed by atoms with Crippen molar-refractivity contribution in [2.45, 2.75) is 12.8 Å². The largest absolute Gasteiger partial charge is 2.00 e. The average Bonchev–Trinajstić information content (AvgIpc) is 3.29. The third-order valence-electron chi connectivity index (χ3n) is 6.37. The van der Waals surface area contributed by atoms with Crippen LogP contribution in [0.4, 0.5) is 0 Å². The predicted molar refractivity (Wildman–Crippen MR) is 240 cm³/mol. The number of aliphatic hydroxyl groups is 4. The van der Waals surface area contributed by atoms with Crippen molar-refractivity contribution >= 4 is 59.6 Å². The molecular weight excluding hydrogens is 985 g/mol. The molecule has 4 aromatic rings. The third kappa shape index (κ3) is 36.5. The fourth-order valence-electron chi connectivity index (χ4n) is 3.92. The zero-order chi connectivity index (χ0) is 46.4. The summed E-state index contributed by atoms with van der Waals surface area (Å²) in [6.07, 6.45) is 7.77. The number of methoxy groups -OCH3 is 2. The zero-order valence-corrected chi connectivity index (χ0v) is 40.2. The normalized spacial score (nSPS) is 8.92.